The Hall–Kier alpha value is -1.64. The van der Waals surface area contributed by atoms with Crippen molar-refractivity contribution >= 4 is 0 Å². The molecule has 24 heavy (non-hydrogen) atoms. The molecule has 0 aromatic heterocycles. The third-order valence-corrected chi connectivity index (χ3v) is 6.12. The zero-order valence-electron chi connectivity index (χ0n) is 14.7. The van der Waals surface area contributed by atoms with Crippen molar-refractivity contribution in [3.05, 3.63) is 71.8 Å². The summed E-state index contributed by atoms with van der Waals surface area (Å²) in [5.74, 6) is 0.697. The largest absolute Gasteiger partial charge is 0.305 e. The summed E-state index contributed by atoms with van der Waals surface area (Å²) in [5, 5.41) is 0. The number of piperidine rings is 1. The van der Waals surface area contributed by atoms with Crippen molar-refractivity contribution in [2.75, 3.05) is 33.2 Å². The van der Waals surface area contributed by atoms with Crippen LogP contribution >= 0.6 is 0 Å². The Morgan fingerprint density at radius 1 is 0.917 bits per heavy atom. The molecule has 0 N–H and O–H groups in total. The van der Waals surface area contributed by atoms with Crippen LogP contribution in [0.1, 0.15) is 29.9 Å². The molecule has 0 aliphatic carbocycles. The fraction of sp³-hybridized carbons (Fsp3) is 0.455. The summed E-state index contributed by atoms with van der Waals surface area (Å²) in [6.45, 7) is 6.02. The first-order chi connectivity index (χ1) is 11.8. The van der Waals surface area contributed by atoms with Crippen molar-refractivity contribution in [1.82, 2.24) is 9.80 Å². The zero-order valence-corrected chi connectivity index (χ0v) is 14.7. The van der Waals surface area contributed by atoms with Gasteiger partial charge in [0.1, 0.15) is 0 Å². The van der Waals surface area contributed by atoms with Gasteiger partial charge in [0.2, 0.25) is 0 Å². The molecule has 2 aromatic carbocycles. The molecule has 2 fully saturated rings. The van der Waals surface area contributed by atoms with Gasteiger partial charge in [-0.3, -0.25) is 4.90 Å². The summed E-state index contributed by atoms with van der Waals surface area (Å²) >= 11 is 0. The first-order valence-corrected chi connectivity index (χ1v) is 9.25. The maximum atomic E-state index is 2.64. The van der Waals surface area contributed by atoms with Gasteiger partial charge < -0.3 is 4.90 Å². The van der Waals surface area contributed by atoms with Crippen molar-refractivity contribution in [1.29, 1.82) is 0 Å². The van der Waals surface area contributed by atoms with Gasteiger partial charge in [-0.25, -0.2) is 0 Å². The highest BCUT2D eigenvalue weighted by molar-refractivity contribution is 5.25. The Morgan fingerprint density at radius 2 is 1.54 bits per heavy atom. The number of benzene rings is 2. The van der Waals surface area contributed by atoms with Gasteiger partial charge in [0, 0.05) is 25.6 Å². The molecule has 2 nitrogen and oxygen atoms in total. The Labute approximate surface area is 146 Å². The molecular weight excluding hydrogens is 292 g/mol. The molecule has 0 amide bonds. The summed E-state index contributed by atoms with van der Waals surface area (Å²) in [4.78, 5) is 5.19. The van der Waals surface area contributed by atoms with E-state index in [-0.39, 0.29) is 0 Å². The molecule has 2 aliphatic rings. The van der Waals surface area contributed by atoms with E-state index in [4.69, 9.17) is 0 Å². The van der Waals surface area contributed by atoms with Gasteiger partial charge in [-0.1, -0.05) is 60.7 Å². The summed E-state index contributed by atoms with van der Waals surface area (Å²) in [6, 6.07) is 22.1. The molecular formula is C22H28N2. The number of rotatable bonds is 3. The predicted octanol–water partition coefficient (Wildman–Crippen LogP) is 4.00. The fourth-order valence-corrected chi connectivity index (χ4v) is 4.87. The van der Waals surface area contributed by atoms with E-state index in [0.29, 0.717) is 11.3 Å². The summed E-state index contributed by atoms with van der Waals surface area (Å²) in [7, 11) is 2.29. The van der Waals surface area contributed by atoms with Crippen molar-refractivity contribution in [2.45, 2.75) is 25.3 Å². The molecule has 2 aliphatic heterocycles. The minimum Gasteiger partial charge on any atom is -0.305 e. The van der Waals surface area contributed by atoms with Gasteiger partial charge in [0.05, 0.1) is 0 Å². The van der Waals surface area contributed by atoms with Crippen LogP contribution in [0, 0.1) is 5.41 Å². The number of hydrogen-bond acceptors (Lipinski definition) is 2. The summed E-state index contributed by atoms with van der Waals surface area (Å²) < 4.78 is 0. The second-order valence-corrected chi connectivity index (χ2v) is 7.78. The van der Waals surface area contributed by atoms with Crippen molar-refractivity contribution in [3.63, 3.8) is 0 Å². The van der Waals surface area contributed by atoms with Gasteiger partial charge in [-0.15, -0.1) is 0 Å². The van der Waals surface area contributed by atoms with Gasteiger partial charge in [-0.2, -0.15) is 0 Å². The van der Waals surface area contributed by atoms with Crippen LogP contribution < -0.4 is 0 Å². The lowest BCUT2D eigenvalue weighted by atomic mass is 9.68. The summed E-state index contributed by atoms with van der Waals surface area (Å²) in [5.41, 5.74) is 3.46. The second kappa shape index (κ2) is 6.70. The fourth-order valence-electron chi connectivity index (χ4n) is 4.87. The van der Waals surface area contributed by atoms with E-state index >= 15 is 0 Å². The molecule has 4 rings (SSSR count). The molecule has 1 spiro atoms. The average molecular weight is 320 g/mol. The molecule has 2 aromatic rings. The molecule has 2 saturated heterocycles. The van der Waals surface area contributed by atoms with Crippen LogP contribution in [0.5, 0.6) is 0 Å². The maximum absolute atomic E-state index is 2.64. The highest BCUT2D eigenvalue weighted by atomic mass is 15.2. The Morgan fingerprint density at radius 3 is 2.21 bits per heavy atom. The van der Waals surface area contributed by atoms with Crippen LogP contribution in [-0.4, -0.2) is 43.0 Å². The number of nitrogens with zero attached hydrogens (tertiary/aromatic N) is 2. The first kappa shape index (κ1) is 15.9. The smallest absolute Gasteiger partial charge is 0.0233 e. The highest BCUT2D eigenvalue weighted by Crippen LogP contribution is 2.49. The van der Waals surface area contributed by atoms with Gasteiger partial charge in [0.15, 0.2) is 0 Å². The normalized spacial score (nSPS) is 24.5. The minimum atomic E-state index is 0.475. The van der Waals surface area contributed by atoms with E-state index in [0.717, 1.165) is 6.54 Å². The lowest BCUT2D eigenvalue weighted by Crippen LogP contribution is -2.43. The lowest BCUT2D eigenvalue weighted by molar-refractivity contribution is 0.0939. The second-order valence-electron chi connectivity index (χ2n) is 7.78. The van der Waals surface area contributed by atoms with E-state index in [9.17, 15) is 0 Å². The Kier molecular flexibility index (Phi) is 4.43. The van der Waals surface area contributed by atoms with Crippen LogP contribution in [0.15, 0.2) is 60.7 Å². The topological polar surface area (TPSA) is 6.48 Å². The van der Waals surface area contributed by atoms with Crippen LogP contribution in [0.4, 0.5) is 0 Å². The molecule has 0 radical (unpaired) electrons. The van der Waals surface area contributed by atoms with Crippen LogP contribution in [0.25, 0.3) is 0 Å². The van der Waals surface area contributed by atoms with E-state index < -0.39 is 0 Å². The quantitative estimate of drug-likeness (QED) is 0.843. The number of likely N-dealkylation sites (tertiary alicyclic amines) is 2. The van der Waals surface area contributed by atoms with Crippen LogP contribution in [0.2, 0.25) is 0 Å². The maximum Gasteiger partial charge on any atom is 0.0233 e. The van der Waals surface area contributed by atoms with E-state index in [1.165, 1.54) is 44.6 Å². The monoisotopic (exact) mass is 320 g/mol. The van der Waals surface area contributed by atoms with Crippen LogP contribution in [0.3, 0.4) is 0 Å². The molecule has 2 heterocycles. The van der Waals surface area contributed by atoms with Crippen LogP contribution in [-0.2, 0) is 6.54 Å². The molecule has 2 heteroatoms. The minimum absolute atomic E-state index is 0.475. The van der Waals surface area contributed by atoms with Crippen molar-refractivity contribution in [2.24, 2.45) is 5.41 Å². The third kappa shape index (κ3) is 3.13. The highest BCUT2D eigenvalue weighted by Gasteiger charge is 2.47. The zero-order chi connectivity index (χ0) is 16.4. The SMILES string of the molecule is CN1C[C@@H](c2ccccc2)C2(CCN(Cc3ccccc3)CC2)C1. The summed E-state index contributed by atoms with van der Waals surface area (Å²) in [6.07, 6.45) is 2.65. The standard InChI is InChI=1S/C22H28N2/c1-23-17-21(20-10-6-3-7-11-20)22(18-23)12-14-24(15-13-22)16-19-8-4-2-5-9-19/h2-11,21H,12-18H2,1H3/t21-/m0/s1. The van der Waals surface area contributed by atoms with Gasteiger partial charge >= 0.3 is 0 Å². The lowest BCUT2D eigenvalue weighted by Gasteiger charge is -2.43. The number of hydrogen-bond donors (Lipinski definition) is 0. The van der Waals surface area contributed by atoms with E-state index in [1.54, 1.807) is 5.56 Å². The molecule has 0 saturated carbocycles. The Bertz CT molecular complexity index is 644. The van der Waals surface area contributed by atoms with Gasteiger partial charge in [-0.05, 0) is 49.5 Å². The molecule has 126 valence electrons. The molecule has 1 atom stereocenters. The van der Waals surface area contributed by atoms with Gasteiger partial charge in [0.25, 0.3) is 0 Å². The average Bonchev–Trinajstić information content (AvgIpc) is 2.95. The molecule has 0 unspecified atom stereocenters. The third-order valence-electron chi connectivity index (χ3n) is 6.12. The Balaban J connectivity index is 1.46. The van der Waals surface area contributed by atoms with E-state index in [2.05, 4.69) is 77.5 Å². The number of likely N-dealkylation sites (N-methyl/N-ethyl adjacent to an activating group) is 1. The van der Waals surface area contributed by atoms with Crippen molar-refractivity contribution < 1.29 is 0 Å². The van der Waals surface area contributed by atoms with E-state index in [1.807, 2.05) is 0 Å². The molecule has 0 bridgehead atoms. The first-order valence-electron chi connectivity index (χ1n) is 9.25. The van der Waals surface area contributed by atoms with Crippen molar-refractivity contribution in [3.8, 4) is 0 Å². The predicted molar refractivity (Wildman–Crippen MR) is 100 cm³/mol.